The Morgan fingerprint density at radius 2 is 2.29 bits per heavy atom. The molecule has 0 spiro atoms. The molecule has 14 heavy (non-hydrogen) atoms. The number of nitrogens with zero attached hydrogens (tertiary/aromatic N) is 1. The summed E-state index contributed by atoms with van der Waals surface area (Å²) in [4.78, 5) is 11.1. The summed E-state index contributed by atoms with van der Waals surface area (Å²) in [6, 6.07) is 4.70. The van der Waals surface area contributed by atoms with Crippen LogP contribution in [-0.4, -0.2) is 11.1 Å². The summed E-state index contributed by atoms with van der Waals surface area (Å²) >= 11 is 4.07. The zero-order valence-corrected chi connectivity index (χ0v) is 8.08. The van der Waals surface area contributed by atoms with E-state index in [1.165, 1.54) is 12.1 Å². The Bertz CT molecular complexity index is 424. The highest BCUT2D eigenvalue weighted by Crippen LogP contribution is 2.22. The maximum Gasteiger partial charge on any atom is 0.336 e. The second-order valence-corrected chi connectivity index (χ2v) is 3.06. The fraction of sp³-hybridized carbons (Fsp3) is 0.111. The minimum atomic E-state index is -1.06. The minimum Gasteiger partial charge on any atom is -0.478 e. The number of carbonyl (C=O) groups is 1. The molecule has 0 atom stereocenters. The molecule has 0 saturated carbocycles. The summed E-state index contributed by atoms with van der Waals surface area (Å²) in [6.45, 7) is 0.0516. The van der Waals surface area contributed by atoms with Gasteiger partial charge in [-0.15, -0.1) is 12.6 Å². The standard InChI is InChI=1S/C9H8N2O2S/c10-3-5-1-2-6(9(12)13)7(4-11)8(5)14/h1-2,14H,4,11H2,(H,12,13). The Morgan fingerprint density at radius 3 is 2.71 bits per heavy atom. The number of carboxylic acids is 1. The molecule has 0 aliphatic rings. The molecule has 72 valence electrons. The Balaban J connectivity index is 3.45. The van der Waals surface area contributed by atoms with E-state index < -0.39 is 5.97 Å². The molecule has 0 unspecified atom stereocenters. The van der Waals surface area contributed by atoms with Crippen LogP contribution in [0.4, 0.5) is 0 Å². The van der Waals surface area contributed by atoms with Gasteiger partial charge in [-0.25, -0.2) is 4.79 Å². The molecule has 0 aliphatic carbocycles. The van der Waals surface area contributed by atoms with E-state index in [2.05, 4.69) is 12.6 Å². The fourth-order valence-corrected chi connectivity index (χ4v) is 1.47. The Kier molecular flexibility index (Phi) is 3.12. The summed E-state index contributed by atoms with van der Waals surface area (Å²) < 4.78 is 0. The molecule has 0 bridgehead atoms. The van der Waals surface area contributed by atoms with Crippen molar-refractivity contribution in [3.63, 3.8) is 0 Å². The smallest absolute Gasteiger partial charge is 0.336 e. The van der Waals surface area contributed by atoms with Gasteiger partial charge in [-0.2, -0.15) is 5.26 Å². The quantitative estimate of drug-likeness (QED) is 0.633. The van der Waals surface area contributed by atoms with Gasteiger partial charge in [0.1, 0.15) is 6.07 Å². The lowest BCUT2D eigenvalue weighted by Crippen LogP contribution is -2.08. The Morgan fingerprint density at radius 1 is 1.64 bits per heavy atom. The van der Waals surface area contributed by atoms with Crippen molar-refractivity contribution in [2.75, 3.05) is 0 Å². The number of hydrogen-bond acceptors (Lipinski definition) is 4. The van der Waals surface area contributed by atoms with E-state index in [4.69, 9.17) is 16.1 Å². The number of aromatic carboxylic acids is 1. The average Bonchev–Trinajstić information content (AvgIpc) is 2.17. The van der Waals surface area contributed by atoms with Gasteiger partial charge in [0.2, 0.25) is 0 Å². The van der Waals surface area contributed by atoms with E-state index in [1.54, 1.807) is 0 Å². The number of benzene rings is 1. The van der Waals surface area contributed by atoms with E-state index in [9.17, 15) is 4.79 Å². The molecule has 5 heteroatoms. The van der Waals surface area contributed by atoms with Gasteiger partial charge >= 0.3 is 5.97 Å². The van der Waals surface area contributed by atoms with Crippen molar-refractivity contribution in [3.05, 3.63) is 28.8 Å². The molecule has 3 N–H and O–H groups in total. The minimum absolute atomic E-state index is 0.0516. The predicted octanol–water partition coefficient (Wildman–Crippen LogP) is 1.00. The Labute approximate surface area is 86.4 Å². The fourth-order valence-electron chi connectivity index (χ4n) is 1.13. The second-order valence-electron chi connectivity index (χ2n) is 2.61. The molecule has 0 aliphatic heterocycles. The van der Waals surface area contributed by atoms with E-state index in [1.807, 2.05) is 6.07 Å². The number of nitrogens with two attached hydrogens (primary N) is 1. The van der Waals surface area contributed by atoms with Crippen molar-refractivity contribution in [1.82, 2.24) is 0 Å². The maximum absolute atomic E-state index is 10.8. The highest BCUT2D eigenvalue weighted by molar-refractivity contribution is 7.80. The first-order valence-corrected chi connectivity index (χ1v) is 4.24. The van der Waals surface area contributed by atoms with Gasteiger partial charge in [0.05, 0.1) is 11.1 Å². The Hall–Kier alpha value is -1.51. The van der Waals surface area contributed by atoms with Gasteiger partial charge in [-0.1, -0.05) is 0 Å². The summed E-state index contributed by atoms with van der Waals surface area (Å²) in [6.07, 6.45) is 0. The summed E-state index contributed by atoms with van der Waals surface area (Å²) in [5.41, 5.74) is 6.21. The van der Waals surface area contributed by atoms with Crippen molar-refractivity contribution >= 4 is 18.6 Å². The van der Waals surface area contributed by atoms with E-state index in [-0.39, 0.29) is 12.1 Å². The van der Waals surface area contributed by atoms with E-state index in [0.29, 0.717) is 16.0 Å². The monoisotopic (exact) mass is 208 g/mol. The molecular weight excluding hydrogens is 200 g/mol. The van der Waals surface area contributed by atoms with E-state index >= 15 is 0 Å². The normalized spacial score (nSPS) is 9.50. The van der Waals surface area contributed by atoms with Crippen LogP contribution in [-0.2, 0) is 6.54 Å². The van der Waals surface area contributed by atoms with Crippen LogP contribution in [0.3, 0.4) is 0 Å². The SMILES string of the molecule is N#Cc1ccc(C(=O)O)c(CN)c1S. The number of carboxylic acid groups (broad SMARTS) is 1. The lowest BCUT2D eigenvalue weighted by atomic mass is 10.0. The molecule has 0 heterocycles. The van der Waals surface area contributed by atoms with Crippen molar-refractivity contribution < 1.29 is 9.90 Å². The topological polar surface area (TPSA) is 87.1 Å². The van der Waals surface area contributed by atoms with Gasteiger partial charge in [-0.3, -0.25) is 0 Å². The molecule has 1 rings (SSSR count). The molecule has 0 saturated heterocycles. The summed E-state index contributed by atoms with van der Waals surface area (Å²) in [5, 5.41) is 17.5. The van der Waals surface area contributed by atoms with Crippen LogP contribution in [0.15, 0.2) is 17.0 Å². The van der Waals surface area contributed by atoms with Gasteiger partial charge in [0.25, 0.3) is 0 Å². The lowest BCUT2D eigenvalue weighted by Gasteiger charge is -2.07. The molecule has 1 aromatic carbocycles. The number of thiol groups is 1. The first-order valence-electron chi connectivity index (χ1n) is 3.80. The van der Waals surface area contributed by atoms with Crippen LogP contribution in [0, 0.1) is 11.3 Å². The van der Waals surface area contributed by atoms with Gasteiger partial charge in [-0.05, 0) is 17.7 Å². The third-order valence-electron chi connectivity index (χ3n) is 1.84. The summed E-state index contributed by atoms with van der Waals surface area (Å²) in [7, 11) is 0. The van der Waals surface area contributed by atoms with Crippen LogP contribution in [0.25, 0.3) is 0 Å². The number of hydrogen-bond donors (Lipinski definition) is 3. The molecule has 4 nitrogen and oxygen atoms in total. The van der Waals surface area contributed by atoms with Crippen LogP contribution in [0.5, 0.6) is 0 Å². The molecule has 0 radical (unpaired) electrons. The average molecular weight is 208 g/mol. The first kappa shape index (κ1) is 10.6. The highest BCUT2D eigenvalue weighted by Gasteiger charge is 2.13. The number of nitriles is 1. The van der Waals surface area contributed by atoms with Crippen molar-refractivity contribution in [2.45, 2.75) is 11.4 Å². The molecule has 0 aromatic heterocycles. The molecular formula is C9H8N2O2S. The maximum atomic E-state index is 10.8. The van der Waals surface area contributed by atoms with Crippen molar-refractivity contribution in [1.29, 1.82) is 5.26 Å². The van der Waals surface area contributed by atoms with E-state index in [0.717, 1.165) is 0 Å². The number of rotatable bonds is 2. The first-order chi connectivity index (χ1) is 6.61. The molecule has 0 fully saturated rings. The van der Waals surface area contributed by atoms with Gasteiger partial charge in [0, 0.05) is 11.4 Å². The van der Waals surface area contributed by atoms with Crippen molar-refractivity contribution in [2.24, 2.45) is 5.73 Å². The van der Waals surface area contributed by atoms with Crippen LogP contribution in [0.2, 0.25) is 0 Å². The van der Waals surface area contributed by atoms with Crippen molar-refractivity contribution in [3.8, 4) is 6.07 Å². The largest absolute Gasteiger partial charge is 0.478 e. The third kappa shape index (κ3) is 1.71. The zero-order chi connectivity index (χ0) is 10.7. The zero-order valence-electron chi connectivity index (χ0n) is 7.19. The summed E-state index contributed by atoms with van der Waals surface area (Å²) in [5.74, 6) is -1.06. The van der Waals surface area contributed by atoms with Crippen LogP contribution < -0.4 is 5.73 Å². The predicted molar refractivity (Wildman–Crippen MR) is 53.3 cm³/mol. The molecule has 0 amide bonds. The van der Waals surface area contributed by atoms with Gasteiger partial charge < -0.3 is 10.8 Å². The van der Waals surface area contributed by atoms with Crippen LogP contribution >= 0.6 is 12.6 Å². The molecule has 1 aromatic rings. The van der Waals surface area contributed by atoms with Gasteiger partial charge in [0.15, 0.2) is 0 Å². The third-order valence-corrected chi connectivity index (χ3v) is 2.35. The van der Waals surface area contributed by atoms with Crippen LogP contribution in [0.1, 0.15) is 21.5 Å². The second kappa shape index (κ2) is 4.13. The highest BCUT2D eigenvalue weighted by atomic mass is 32.1. The lowest BCUT2D eigenvalue weighted by molar-refractivity contribution is 0.0695.